The first-order chi connectivity index (χ1) is 7.81. The van der Waals surface area contributed by atoms with Gasteiger partial charge in [0, 0.05) is 21.3 Å². The van der Waals surface area contributed by atoms with Crippen LogP contribution in [-0.4, -0.2) is 18.2 Å². The van der Waals surface area contributed by atoms with Crippen LogP contribution in [0.25, 0.3) is 0 Å². The van der Waals surface area contributed by atoms with Gasteiger partial charge in [0.2, 0.25) is 0 Å². The number of nitrogens with one attached hydrogen (secondary N) is 1. The number of carbonyl (C=O) groups excluding carboxylic acids is 1. The summed E-state index contributed by atoms with van der Waals surface area (Å²) in [6.45, 7) is 5.81. The van der Waals surface area contributed by atoms with Crippen molar-refractivity contribution >= 4 is 33.4 Å². The lowest BCUT2D eigenvalue weighted by Gasteiger charge is -2.22. The van der Waals surface area contributed by atoms with Crippen molar-refractivity contribution in [1.82, 2.24) is 5.32 Å². The molecule has 0 saturated carbocycles. The second-order valence-electron chi connectivity index (χ2n) is 4.60. The predicted octanol–water partition coefficient (Wildman–Crippen LogP) is 3.04. The molecular weight excluding hydrogens is 304 g/mol. The van der Waals surface area contributed by atoms with E-state index in [2.05, 4.69) is 21.2 Å². The lowest BCUT2D eigenvalue weighted by atomic mass is 10.2. The Morgan fingerprint density at radius 2 is 2.29 bits per heavy atom. The zero-order chi connectivity index (χ0) is 13.1. The second-order valence-corrected chi connectivity index (χ2v) is 6.46. The monoisotopic (exact) mass is 320 g/mol. The summed E-state index contributed by atoms with van der Waals surface area (Å²) < 4.78 is 6.17. The highest BCUT2D eigenvalue weighted by Gasteiger charge is 2.20. The van der Waals surface area contributed by atoms with Gasteiger partial charge in [0.25, 0.3) is 0 Å². The molecule has 0 aliphatic rings. The maximum absolute atomic E-state index is 11.6. The number of thiophene rings is 1. The van der Waals surface area contributed by atoms with Gasteiger partial charge >= 0.3 is 6.09 Å². The van der Waals surface area contributed by atoms with E-state index < -0.39 is 11.7 Å². The third-order valence-electron chi connectivity index (χ3n) is 1.86. The van der Waals surface area contributed by atoms with Gasteiger partial charge in [-0.15, -0.1) is 11.3 Å². The zero-order valence-corrected chi connectivity index (χ0v) is 12.5. The quantitative estimate of drug-likeness (QED) is 0.899. The van der Waals surface area contributed by atoms with Crippen molar-refractivity contribution in [3.8, 4) is 0 Å². The third kappa shape index (κ3) is 5.06. The Balaban J connectivity index is 2.62. The van der Waals surface area contributed by atoms with Crippen molar-refractivity contribution in [1.29, 1.82) is 0 Å². The molecule has 6 heteroatoms. The standard InChI is InChI=1S/C11H17BrN2O2S/c1-11(2,3)16-10(15)14-8(5-13)9-4-7(12)6-17-9/h4,6,8H,5,13H2,1-3H3,(H,14,15). The molecule has 0 saturated heterocycles. The minimum atomic E-state index is -0.501. The molecule has 1 aromatic heterocycles. The number of halogens is 1. The minimum absolute atomic E-state index is 0.207. The number of hydrogen-bond acceptors (Lipinski definition) is 4. The van der Waals surface area contributed by atoms with Gasteiger partial charge in [0.15, 0.2) is 0 Å². The van der Waals surface area contributed by atoms with Gasteiger partial charge in [-0.1, -0.05) is 0 Å². The first-order valence-electron chi connectivity index (χ1n) is 5.25. The largest absolute Gasteiger partial charge is 0.444 e. The van der Waals surface area contributed by atoms with Crippen LogP contribution < -0.4 is 11.1 Å². The summed E-state index contributed by atoms with van der Waals surface area (Å²) in [7, 11) is 0. The number of ether oxygens (including phenoxy) is 1. The van der Waals surface area contributed by atoms with Crippen LogP contribution >= 0.6 is 27.3 Å². The van der Waals surface area contributed by atoms with Gasteiger partial charge in [-0.05, 0) is 42.8 Å². The number of nitrogens with two attached hydrogens (primary N) is 1. The normalized spacial score (nSPS) is 13.2. The Bertz CT molecular complexity index is 387. The molecule has 1 amide bonds. The van der Waals surface area contributed by atoms with Crippen LogP contribution in [0.3, 0.4) is 0 Å². The first-order valence-corrected chi connectivity index (χ1v) is 6.92. The summed E-state index contributed by atoms with van der Waals surface area (Å²) in [5, 5.41) is 4.71. The zero-order valence-electron chi connectivity index (χ0n) is 10.1. The average Bonchev–Trinajstić information content (AvgIpc) is 2.58. The van der Waals surface area contributed by atoms with Crippen LogP contribution in [0, 0.1) is 0 Å². The van der Waals surface area contributed by atoms with Gasteiger partial charge in [-0.25, -0.2) is 4.79 Å². The molecule has 0 aromatic carbocycles. The third-order valence-corrected chi connectivity index (χ3v) is 3.67. The molecule has 1 rings (SSSR count). The summed E-state index contributed by atoms with van der Waals surface area (Å²) in [6, 6.07) is 1.74. The van der Waals surface area contributed by atoms with Gasteiger partial charge in [0.1, 0.15) is 5.60 Å². The SMILES string of the molecule is CC(C)(C)OC(=O)NC(CN)c1cc(Br)cs1. The lowest BCUT2D eigenvalue weighted by molar-refractivity contribution is 0.0506. The smallest absolute Gasteiger partial charge is 0.408 e. The molecule has 1 heterocycles. The van der Waals surface area contributed by atoms with Crippen LogP contribution in [-0.2, 0) is 4.74 Å². The molecule has 3 N–H and O–H groups in total. The van der Waals surface area contributed by atoms with E-state index in [4.69, 9.17) is 10.5 Å². The van der Waals surface area contributed by atoms with E-state index in [0.29, 0.717) is 6.54 Å². The van der Waals surface area contributed by atoms with Crippen molar-refractivity contribution in [3.05, 3.63) is 20.8 Å². The Morgan fingerprint density at radius 3 is 2.71 bits per heavy atom. The number of alkyl carbamates (subject to hydrolysis) is 1. The Hall–Kier alpha value is -0.590. The van der Waals surface area contributed by atoms with Crippen LogP contribution in [0.2, 0.25) is 0 Å². The fourth-order valence-corrected chi connectivity index (χ4v) is 2.72. The second kappa shape index (κ2) is 5.84. The molecule has 1 atom stereocenters. The van der Waals surface area contributed by atoms with Crippen LogP contribution in [0.5, 0.6) is 0 Å². The van der Waals surface area contributed by atoms with E-state index >= 15 is 0 Å². The van der Waals surface area contributed by atoms with Gasteiger partial charge in [-0.3, -0.25) is 0 Å². The maximum atomic E-state index is 11.6. The molecule has 17 heavy (non-hydrogen) atoms. The Kier molecular flexibility index (Phi) is 4.97. The molecule has 0 aliphatic carbocycles. The number of hydrogen-bond donors (Lipinski definition) is 2. The number of amides is 1. The van der Waals surface area contributed by atoms with Crippen molar-refractivity contribution in [3.63, 3.8) is 0 Å². The molecule has 0 bridgehead atoms. The van der Waals surface area contributed by atoms with Crippen molar-refractivity contribution in [2.45, 2.75) is 32.4 Å². The van der Waals surface area contributed by atoms with E-state index in [1.165, 1.54) is 0 Å². The van der Waals surface area contributed by atoms with E-state index in [1.54, 1.807) is 11.3 Å². The van der Waals surface area contributed by atoms with Crippen LogP contribution in [0.15, 0.2) is 15.9 Å². The molecule has 0 fully saturated rings. The molecule has 0 radical (unpaired) electrons. The number of carbonyl (C=O) groups is 1. The number of rotatable bonds is 3. The summed E-state index contributed by atoms with van der Waals surface area (Å²) in [6.07, 6.45) is -0.447. The van der Waals surface area contributed by atoms with Gasteiger partial charge in [-0.2, -0.15) is 0 Å². The molecule has 96 valence electrons. The van der Waals surface area contributed by atoms with Crippen LogP contribution in [0.4, 0.5) is 4.79 Å². The summed E-state index contributed by atoms with van der Waals surface area (Å²) >= 11 is 4.92. The highest BCUT2D eigenvalue weighted by atomic mass is 79.9. The molecule has 0 spiro atoms. The summed E-state index contributed by atoms with van der Waals surface area (Å²) in [5.74, 6) is 0. The fourth-order valence-electron chi connectivity index (χ4n) is 1.21. The summed E-state index contributed by atoms with van der Waals surface area (Å²) in [5.41, 5.74) is 5.15. The maximum Gasteiger partial charge on any atom is 0.408 e. The van der Waals surface area contributed by atoms with Crippen LogP contribution in [0.1, 0.15) is 31.7 Å². The highest BCUT2D eigenvalue weighted by Crippen LogP contribution is 2.25. The van der Waals surface area contributed by atoms with E-state index in [-0.39, 0.29) is 6.04 Å². The van der Waals surface area contributed by atoms with E-state index in [9.17, 15) is 4.79 Å². The molecular formula is C11H17BrN2O2S. The van der Waals surface area contributed by atoms with E-state index in [0.717, 1.165) is 9.35 Å². The Morgan fingerprint density at radius 1 is 1.65 bits per heavy atom. The molecule has 1 aromatic rings. The van der Waals surface area contributed by atoms with Crippen molar-refractivity contribution in [2.75, 3.05) is 6.54 Å². The molecule has 0 aliphatic heterocycles. The van der Waals surface area contributed by atoms with Gasteiger partial charge in [0.05, 0.1) is 6.04 Å². The summed E-state index contributed by atoms with van der Waals surface area (Å²) in [4.78, 5) is 12.6. The van der Waals surface area contributed by atoms with Crippen molar-refractivity contribution < 1.29 is 9.53 Å². The molecule has 4 nitrogen and oxygen atoms in total. The average molecular weight is 321 g/mol. The Labute approximate surface area is 114 Å². The lowest BCUT2D eigenvalue weighted by Crippen LogP contribution is -2.37. The van der Waals surface area contributed by atoms with Crippen molar-refractivity contribution in [2.24, 2.45) is 5.73 Å². The van der Waals surface area contributed by atoms with Gasteiger partial charge < -0.3 is 15.8 Å². The fraction of sp³-hybridized carbons (Fsp3) is 0.545. The minimum Gasteiger partial charge on any atom is -0.444 e. The van der Waals surface area contributed by atoms with E-state index in [1.807, 2.05) is 32.2 Å². The predicted molar refractivity (Wildman–Crippen MR) is 73.2 cm³/mol. The highest BCUT2D eigenvalue weighted by molar-refractivity contribution is 9.10. The first kappa shape index (κ1) is 14.5. The molecule has 1 unspecified atom stereocenters. The topological polar surface area (TPSA) is 64.3 Å².